The minimum atomic E-state index is -3.86. The van der Waals surface area contributed by atoms with Crippen molar-refractivity contribution in [3.8, 4) is 0 Å². The first-order valence-corrected chi connectivity index (χ1v) is 6.55. The second-order valence-corrected chi connectivity index (χ2v) is 4.54. The molecule has 0 aliphatic carbocycles. The van der Waals surface area contributed by atoms with Gasteiger partial charge in [-0.2, -0.15) is 0 Å². The van der Waals surface area contributed by atoms with Gasteiger partial charge in [0.15, 0.2) is 0 Å². The third-order valence-electron chi connectivity index (χ3n) is 1.71. The predicted molar refractivity (Wildman–Crippen MR) is 59.4 cm³/mol. The van der Waals surface area contributed by atoms with Crippen LogP contribution < -0.4 is 5.73 Å². The van der Waals surface area contributed by atoms with Crippen LogP contribution >= 0.6 is 7.82 Å². The molecule has 3 N–H and O–H groups in total. The van der Waals surface area contributed by atoms with Gasteiger partial charge >= 0.3 is 7.82 Å². The average molecular weight is 237 g/mol. The van der Waals surface area contributed by atoms with Crippen molar-refractivity contribution in [3.63, 3.8) is 0 Å². The summed E-state index contributed by atoms with van der Waals surface area (Å²) in [5.74, 6) is 0. The maximum absolute atomic E-state index is 11.1. The average Bonchev–Trinajstić information content (AvgIpc) is 2.20. The quantitative estimate of drug-likeness (QED) is 0.344. The number of nitrogens with two attached hydrogens (primary N) is 1. The molecule has 15 heavy (non-hydrogen) atoms. The highest BCUT2D eigenvalue weighted by Crippen LogP contribution is 2.43. The van der Waals surface area contributed by atoms with Crippen LogP contribution in [-0.2, 0) is 13.6 Å². The van der Waals surface area contributed by atoms with E-state index in [0.717, 1.165) is 25.7 Å². The summed E-state index contributed by atoms with van der Waals surface area (Å²) < 4.78 is 20.4. The van der Waals surface area contributed by atoms with E-state index in [2.05, 4.69) is 11.1 Å². The van der Waals surface area contributed by atoms with Gasteiger partial charge in [-0.25, -0.2) is 4.57 Å². The molecule has 0 saturated heterocycles. The summed E-state index contributed by atoms with van der Waals surface area (Å²) in [6.07, 6.45) is 5.07. The molecule has 90 valence electrons. The molecule has 0 aromatic carbocycles. The minimum Gasteiger partial charge on any atom is -0.330 e. The van der Waals surface area contributed by atoms with Gasteiger partial charge in [0.2, 0.25) is 0 Å². The molecular formula is C9H20NO4P. The van der Waals surface area contributed by atoms with Crippen LogP contribution in [0.15, 0.2) is 12.7 Å². The highest BCUT2D eigenvalue weighted by atomic mass is 31.2. The Morgan fingerprint density at radius 2 is 1.93 bits per heavy atom. The summed E-state index contributed by atoms with van der Waals surface area (Å²) in [7, 11) is -3.86. The van der Waals surface area contributed by atoms with E-state index in [1.54, 1.807) is 0 Å². The molecule has 0 heterocycles. The van der Waals surface area contributed by atoms with E-state index in [1.807, 2.05) is 0 Å². The van der Waals surface area contributed by atoms with E-state index in [1.165, 1.54) is 6.08 Å². The Morgan fingerprint density at radius 1 is 1.27 bits per heavy atom. The number of phosphoric ester groups is 1. The molecule has 0 radical (unpaired) electrons. The second-order valence-electron chi connectivity index (χ2n) is 3.09. The number of unbranched alkanes of at least 4 members (excludes halogenated alkanes) is 3. The molecule has 0 rings (SSSR count). The Hall–Kier alpha value is -0.190. The maximum Gasteiger partial charge on any atom is 0.472 e. The molecule has 0 saturated carbocycles. The van der Waals surface area contributed by atoms with Crippen LogP contribution in [0.5, 0.6) is 0 Å². The van der Waals surface area contributed by atoms with Gasteiger partial charge in [-0.05, 0) is 19.4 Å². The Bertz CT molecular complexity index is 210. The third-order valence-corrected chi connectivity index (χ3v) is 2.69. The lowest BCUT2D eigenvalue weighted by Gasteiger charge is -2.10. The summed E-state index contributed by atoms with van der Waals surface area (Å²) in [6, 6.07) is 0. The van der Waals surface area contributed by atoms with Gasteiger partial charge in [0, 0.05) is 0 Å². The minimum absolute atomic E-state index is 0.0148. The number of phosphoric acid groups is 1. The van der Waals surface area contributed by atoms with Gasteiger partial charge in [-0.1, -0.05) is 18.9 Å². The Labute approximate surface area is 90.9 Å². The highest BCUT2D eigenvalue weighted by Gasteiger charge is 2.19. The lowest BCUT2D eigenvalue weighted by atomic mass is 10.2. The Kier molecular flexibility index (Phi) is 8.95. The normalized spacial score (nSPS) is 14.8. The number of hydrogen-bond donors (Lipinski definition) is 2. The van der Waals surface area contributed by atoms with Crippen LogP contribution in [0.25, 0.3) is 0 Å². The van der Waals surface area contributed by atoms with Crippen molar-refractivity contribution in [2.24, 2.45) is 5.73 Å². The molecule has 0 aromatic heterocycles. The van der Waals surface area contributed by atoms with Crippen LogP contribution in [0.4, 0.5) is 0 Å². The number of hydrogen-bond acceptors (Lipinski definition) is 4. The van der Waals surface area contributed by atoms with Gasteiger partial charge in [0.1, 0.15) is 0 Å². The van der Waals surface area contributed by atoms with Crippen LogP contribution in [0.1, 0.15) is 25.7 Å². The van der Waals surface area contributed by atoms with Gasteiger partial charge in [0.05, 0.1) is 13.2 Å². The van der Waals surface area contributed by atoms with Crippen molar-refractivity contribution >= 4 is 7.82 Å². The molecule has 5 nitrogen and oxygen atoms in total. The van der Waals surface area contributed by atoms with Gasteiger partial charge in [0.25, 0.3) is 0 Å². The van der Waals surface area contributed by atoms with Gasteiger partial charge in [-0.3, -0.25) is 9.05 Å². The molecule has 0 amide bonds. The van der Waals surface area contributed by atoms with Gasteiger partial charge < -0.3 is 10.6 Å². The zero-order chi connectivity index (χ0) is 11.6. The van der Waals surface area contributed by atoms with Crippen LogP contribution in [0.2, 0.25) is 0 Å². The highest BCUT2D eigenvalue weighted by molar-refractivity contribution is 7.47. The molecule has 0 spiro atoms. The fraction of sp³-hybridized carbons (Fsp3) is 0.778. The second kappa shape index (κ2) is 9.07. The summed E-state index contributed by atoms with van der Waals surface area (Å²) in [5.41, 5.74) is 5.32. The smallest absolute Gasteiger partial charge is 0.330 e. The van der Waals surface area contributed by atoms with Crippen molar-refractivity contribution in [2.75, 3.05) is 19.8 Å². The first-order chi connectivity index (χ1) is 7.12. The SMILES string of the molecule is C=CCOP(=O)(O)OCCCCCCN. The Balaban J connectivity index is 3.40. The molecule has 6 heteroatoms. The van der Waals surface area contributed by atoms with E-state index < -0.39 is 7.82 Å². The number of rotatable bonds is 10. The fourth-order valence-electron chi connectivity index (χ4n) is 0.964. The first-order valence-electron chi connectivity index (χ1n) is 5.05. The predicted octanol–water partition coefficient (Wildman–Crippen LogP) is 1.83. The van der Waals surface area contributed by atoms with Crippen molar-refractivity contribution in [2.45, 2.75) is 25.7 Å². The Morgan fingerprint density at radius 3 is 2.53 bits per heavy atom. The van der Waals surface area contributed by atoms with Crippen molar-refractivity contribution in [3.05, 3.63) is 12.7 Å². The largest absolute Gasteiger partial charge is 0.472 e. The maximum atomic E-state index is 11.1. The zero-order valence-electron chi connectivity index (χ0n) is 8.93. The monoisotopic (exact) mass is 237 g/mol. The molecule has 1 unspecified atom stereocenters. The third kappa shape index (κ3) is 10.1. The topological polar surface area (TPSA) is 81.8 Å². The van der Waals surface area contributed by atoms with Crippen LogP contribution in [0.3, 0.4) is 0 Å². The van der Waals surface area contributed by atoms with Crippen molar-refractivity contribution < 1.29 is 18.5 Å². The zero-order valence-corrected chi connectivity index (χ0v) is 9.83. The van der Waals surface area contributed by atoms with E-state index in [4.69, 9.17) is 15.2 Å². The standard InChI is InChI=1S/C9H20NO4P/c1-2-8-13-15(11,12)14-9-6-4-3-5-7-10/h2H,1,3-10H2,(H,11,12). The van der Waals surface area contributed by atoms with Crippen molar-refractivity contribution in [1.82, 2.24) is 0 Å². The summed E-state index contributed by atoms with van der Waals surface area (Å²) >= 11 is 0. The first kappa shape index (κ1) is 14.8. The van der Waals surface area contributed by atoms with Gasteiger partial charge in [-0.15, -0.1) is 6.58 Å². The van der Waals surface area contributed by atoms with Crippen LogP contribution in [-0.4, -0.2) is 24.7 Å². The molecule has 0 aromatic rings. The molecule has 0 aliphatic rings. The lowest BCUT2D eigenvalue weighted by Crippen LogP contribution is -1.99. The van der Waals surface area contributed by atoms with E-state index in [-0.39, 0.29) is 13.2 Å². The fourth-order valence-corrected chi connectivity index (χ4v) is 1.69. The molecular weight excluding hydrogens is 217 g/mol. The summed E-state index contributed by atoms with van der Waals surface area (Å²) in [5, 5.41) is 0. The lowest BCUT2D eigenvalue weighted by molar-refractivity contribution is 0.158. The molecule has 0 aliphatic heterocycles. The van der Waals surface area contributed by atoms with E-state index >= 15 is 0 Å². The summed E-state index contributed by atoms with van der Waals surface area (Å²) in [4.78, 5) is 9.09. The van der Waals surface area contributed by atoms with E-state index in [0.29, 0.717) is 6.54 Å². The molecule has 1 atom stereocenters. The van der Waals surface area contributed by atoms with E-state index in [9.17, 15) is 4.57 Å². The van der Waals surface area contributed by atoms with Crippen LogP contribution in [0, 0.1) is 0 Å². The molecule has 0 bridgehead atoms. The molecule has 0 fully saturated rings. The summed E-state index contributed by atoms with van der Waals surface area (Å²) in [6.45, 7) is 4.30. The van der Waals surface area contributed by atoms with Crippen molar-refractivity contribution in [1.29, 1.82) is 0 Å².